The van der Waals surface area contributed by atoms with Crippen molar-refractivity contribution in [3.63, 3.8) is 0 Å². The number of fused-ring (bicyclic) bond motifs is 1. The first-order valence-electron chi connectivity index (χ1n) is 10.6. The van der Waals surface area contributed by atoms with E-state index in [2.05, 4.69) is 5.32 Å². The van der Waals surface area contributed by atoms with Gasteiger partial charge in [0.2, 0.25) is 5.91 Å². The Morgan fingerprint density at radius 3 is 2.53 bits per heavy atom. The lowest BCUT2D eigenvalue weighted by atomic mass is 10.0. The SMILES string of the molecule is Br.CCOc1cc2c(cc1CC(=O)NC)C(=N)N(CC(=O)c1cc(Cl)c(OC)c(N(C)C)c1)C2. The number of nitrogens with zero attached hydrogens (tertiary/aromatic N) is 2. The van der Waals surface area contributed by atoms with Crippen LogP contribution in [0.2, 0.25) is 5.02 Å². The second kappa shape index (κ2) is 11.6. The van der Waals surface area contributed by atoms with Crippen molar-refractivity contribution in [2.75, 3.05) is 46.3 Å². The highest BCUT2D eigenvalue weighted by Gasteiger charge is 2.29. The summed E-state index contributed by atoms with van der Waals surface area (Å²) in [6.45, 7) is 2.78. The fraction of sp³-hybridized carbons (Fsp3) is 0.375. The molecule has 0 radical (unpaired) electrons. The predicted molar refractivity (Wildman–Crippen MR) is 140 cm³/mol. The molecule has 10 heteroatoms. The lowest BCUT2D eigenvalue weighted by Crippen LogP contribution is -2.30. The smallest absolute Gasteiger partial charge is 0.224 e. The molecule has 1 aliphatic rings. The normalized spacial score (nSPS) is 12.1. The maximum Gasteiger partial charge on any atom is 0.224 e. The van der Waals surface area contributed by atoms with Crippen molar-refractivity contribution in [2.45, 2.75) is 19.9 Å². The molecule has 0 saturated carbocycles. The monoisotopic (exact) mass is 552 g/mol. The molecule has 0 unspecified atom stereocenters. The van der Waals surface area contributed by atoms with Gasteiger partial charge in [-0.3, -0.25) is 15.0 Å². The molecule has 2 aromatic carbocycles. The minimum atomic E-state index is -0.157. The van der Waals surface area contributed by atoms with Crippen LogP contribution in [0.3, 0.4) is 0 Å². The summed E-state index contributed by atoms with van der Waals surface area (Å²) in [6.07, 6.45) is 0.156. The average Bonchev–Trinajstić information content (AvgIpc) is 3.07. The number of ether oxygens (including phenoxy) is 2. The van der Waals surface area contributed by atoms with E-state index in [1.165, 1.54) is 7.11 Å². The molecule has 1 aliphatic heterocycles. The van der Waals surface area contributed by atoms with Crippen LogP contribution in [0.5, 0.6) is 11.5 Å². The Bertz CT molecular complexity index is 1110. The standard InChI is InChI=1S/C24H29ClN4O4.BrH/c1-6-33-21-10-16-12-29(24(26)17(16)7-15(21)11-22(31)27-2)13-20(30)14-8-18(25)23(32-5)19(9-14)28(3)4;/h7-10,26H,6,11-13H2,1-5H3,(H,27,31);1H. The number of Topliss-reactive ketones (excluding diaryl/α,β-unsaturated/α-hetero) is 1. The summed E-state index contributed by atoms with van der Waals surface area (Å²) >= 11 is 6.35. The summed E-state index contributed by atoms with van der Waals surface area (Å²) in [7, 11) is 6.81. The van der Waals surface area contributed by atoms with Gasteiger partial charge in [0.15, 0.2) is 11.5 Å². The van der Waals surface area contributed by atoms with Gasteiger partial charge in [0.25, 0.3) is 0 Å². The molecular weight excluding hydrogens is 524 g/mol. The van der Waals surface area contributed by atoms with Gasteiger partial charge in [-0.2, -0.15) is 0 Å². The van der Waals surface area contributed by atoms with Crippen LogP contribution < -0.4 is 19.7 Å². The minimum absolute atomic E-state index is 0. The van der Waals surface area contributed by atoms with E-state index >= 15 is 0 Å². The lowest BCUT2D eigenvalue weighted by Gasteiger charge is -2.20. The van der Waals surface area contributed by atoms with Crippen LogP contribution in [0.4, 0.5) is 5.69 Å². The topological polar surface area (TPSA) is 95.0 Å². The van der Waals surface area contributed by atoms with Gasteiger partial charge in [-0.25, -0.2) is 0 Å². The zero-order chi connectivity index (χ0) is 24.3. The number of methoxy groups -OCH3 is 1. The van der Waals surface area contributed by atoms with E-state index in [9.17, 15) is 9.59 Å². The maximum atomic E-state index is 13.1. The molecule has 0 bridgehead atoms. The Kier molecular flexibility index (Phi) is 9.35. The van der Waals surface area contributed by atoms with Crippen LogP contribution in [0.15, 0.2) is 24.3 Å². The fourth-order valence-corrected chi connectivity index (χ4v) is 4.13. The zero-order valence-corrected chi connectivity index (χ0v) is 22.4. The van der Waals surface area contributed by atoms with Crippen molar-refractivity contribution in [1.29, 1.82) is 5.41 Å². The first-order valence-corrected chi connectivity index (χ1v) is 11.0. The third-order valence-electron chi connectivity index (χ3n) is 5.51. The third-order valence-corrected chi connectivity index (χ3v) is 5.80. The van der Waals surface area contributed by atoms with Crippen molar-refractivity contribution in [3.05, 3.63) is 51.5 Å². The second-order valence-electron chi connectivity index (χ2n) is 7.93. The summed E-state index contributed by atoms with van der Waals surface area (Å²) in [5, 5.41) is 11.6. The van der Waals surface area contributed by atoms with Gasteiger partial charge >= 0.3 is 0 Å². The Labute approximate surface area is 215 Å². The van der Waals surface area contributed by atoms with Crippen molar-refractivity contribution < 1.29 is 19.1 Å². The van der Waals surface area contributed by atoms with E-state index in [0.29, 0.717) is 52.1 Å². The molecule has 0 atom stereocenters. The highest BCUT2D eigenvalue weighted by molar-refractivity contribution is 8.93. The van der Waals surface area contributed by atoms with E-state index in [0.717, 1.165) is 5.56 Å². The van der Waals surface area contributed by atoms with Gasteiger partial charge in [-0.05, 0) is 36.8 Å². The van der Waals surface area contributed by atoms with Crippen molar-refractivity contribution in [3.8, 4) is 11.5 Å². The Morgan fingerprint density at radius 1 is 1.24 bits per heavy atom. The maximum absolute atomic E-state index is 13.1. The molecule has 184 valence electrons. The highest BCUT2D eigenvalue weighted by Crippen LogP contribution is 2.36. The Morgan fingerprint density at radius 2 is 1.94 bits per heavy atom. The predicted octanol–water partition coefficient (Wildman–Crippen LogP) is 3.70. The van der Waals surface area contributed by atoms with Crippen molar-refractivity contribution >= 4 is 51.8 Å². The number of anilines is 1. The van der Waals surface area contributed by atoms with Gasteiger partial charge < -0.3 is 24.6 Å². The summed E-state index contributed by atoms with van der Waals surface area (Å²) in [5.41, 5.74) is 3.45. The number of hydrogen-bond acceptors (Lipinski definition) is 6. The molecule has 8 nitrogen and oxygen atoms in total. The summed E-state index contributed by atoms with van der Waals surface area (Å²) < 4.78 is 11.1. The Balaban J connectivity index is 0.00000408. The first-order chi connectivity index (χ1) is 15.7. The largest absolute Gasteiger partial charge is 0.494 e. The van der Waals surface area contributed by atoms with Gasteiger partial charge in [-0.15, -0.1) is 17.0 Å². The van der Waals surface area contributed by atoms with Crippen molar-refractivity contribution in [1.82, 2.24) is 10.2 Å². The van der Waals surface area contributed by atoms with Crippen LogP contribution in [-0.4, -0.2) is 63.8 Å². The van der Waals surface area contributed by atoms with E-state index in [1.807, 2.05) is 38.1 Å². The number of rotatable bonds is 9. The number of likely N-dealkylation sites (N-methyl/N-ethyl adjacent to an activating group) is 1. The van der Waals surface area contributed by atoms with Crippen LogP contribution in [0.1, 0.15) is 34.0 Å². The van der Waals surface area contributed by atoms with E-state index < -0.39 is 0 Å². The van der Waals surface area contributed by atoms with E-state index in [-0.39, 0.29) is 47.5 Å². The highest BCUT2D eigenvalue weighted by atomic mass is 79.9. The summed E-state index contributed by atoms with van der Waals surface area (Å²) in [5.74, 6) is 1.08. The molecule has 3 rings (SSSR count). The summed E-state index contributed by atoms with van der Waals surface area (Å²) in [4.78, 5) is 28.6. The number of nitrogens with one attached hydrogen (secondary N) is 2. The minimum Gasteiger partial charge on any atom is -0.494 e. The third kappa shape index (κ3) is 5.64. The number of hydrogen-bond donors (Lipinski definition) is 2. The van der Waals surface area contributed by atoms with E-state index in [1.54, 1.807) is 24.1 Å². The van der Waals surface area contributed by atoms with Gasteiger partial charge in [0.1, 0.15) is 11.6 Å². The Hall–Kier alpha value is -2.78. The molecule has 0 spiro atoms. The number of amides is 1. The van der Waals surface area contributed by atoms with Crippen molar-refractivity contribution in [2.24, 2.45) is 0 Å². The molecule has 34 heavy (non-hydrogen) atoms. The quantitative estimate of drug-likeness (QED) is 0.460. The molecule has 0 aliphatic carbocycles. The van der Waals surface area contributed by atoms with Crippen LogP contribution in [-0.2, 0) is 17.8 Å². The fourth-order valence-electron chi connectivity index (χ4n) is 3.84. The van der Waals surface area contributed by atoms with Crippen LogP contribution in [0.25, 0.3) is 0 Å². The molecule has 2 aromatic rings. The number of benzene rings is 2. The van der Waals surface area contributed by atoms with Crippen LogP contribution >= 0.6 is 28.6 Å². The number of carbonyl (C=O) groups excluding carboxylic acids is 2. The van der Waals surface area contributed by atoms with Gasteiger partial charge in [0, 0.05) is 44.4 Å². The number of carbonyl (C=O) groups is 2. The van der Waals surface area contributed by atoms with E-state index in [4.69, 9.17) is 26.5 Å². The molecule has 0 aromatic heterocycles. The molecule has 1 amide bonds. The van der Waals surface area contributed by atoms with Crippen LogP contribution in [0, 0.1) is 5.41 Å². The number of ketones is 1. The lowest BCUT2D eigenvalue weighted by molar-refractivity contribution is -0.119. The number of halogens is 2. The molecule has 2 N–H and O–H groups in total. The molecule has 0 fully saturated rings. The van der Waals surface area contributed by atoms with Gasteiger partial charge in [0.05, 0.1) is 37.4 Å². The molecular formula is C24H30BrClN4O4. The molecule has 0 saturated heterocycles. The second-order valence-corrected chi connectivity index (χ2v) is 8.34. The zero-order valence-electron chi connectivity index (χ0n) is 20.0. The first kappa shape index (κ1) is 27.5. The average molecular weight is 554 g/mol. The molecule has 1 heterocycles. The van der Waals surface area contributed by atoms with Gasteiger partial charge in [-0.1, -0.05) is 11.6 Å². The summed E-state index contributed by atoms with van der Waals surface area (Å²) in [6, 6.07) is 7.02. The number of amidine groups is 1.